The first-order valence-electron chi connectivity index (χ1n) is 7.33. The number of nitrogens with zero attached hydrogens (tertiary/aromatic N) is 1. The molecule has 0 fully saturated rings. The van der Waals surface area contributed by atoms with Crippen LogP contribution in [0.5, 0.6) is 11.5 Å². The van der Waals surface area contributed by atoms with Gasteiger partial charge in [0.1, 0.15) is 0 Å². The van der Waals surface area contributed by atoms with Crippen molar-refractivity contribution in [2.45, 2.75) is 25.8 Å². The fourth-order valence-corrected chi connectivity index (χ4v) is 2.94. The van der Waals surface area contributed by atoms with Crippen LogP contribution in [-0.2, 0) is 6.42 Å². The number of hydrogen-bond acceptors (Lipinski definition) is 5. The second-order valence-corrected chi connectivity index (χ2v) is 5.88. The first kappa shape index (κ1) is 14.4. The molecule has 2 heterocycles. The summed E-state index contributed by atoms with van der Waals surface area (Å²) in [5.74, 6) is 1.71. The van der Waals surface area contributed by atoms with Gasteiger partial charge in [0.25, 0.3) is 0 Å². The van der Waals surface area contributed by atoms with E-state index in [1.165, 1.54) is 5.56 Å². The fourth-order valence-electron chi connectivity index (χ4n) is 2.34. The monoisotopic (exact) mass is 304 g/mol. The summed E-state index contributed by atoms with van der Waals surface area (Å²) in [5.41, 5.74) is 4.25. The Kier molecular flexibility index (Phi) is 4.72. The molecule has 1 aromatic heterocycles. The molecule has 0 bridgehead atoms. The van der Waals surface area contributed by atoms with Gasteiger partial charge < -0.3 is 14.8 Å². The molecule has 2 aromatic rings. The van der Waals surface area contributed by atoms with Gasteiger partial charge in [-0.25, -0.2) is 4.98 Å². The molecule has 4 nitrogen and oxygen atoms in total. The number of nitrogens with one attached hydrogen (secondary N) is 1. The smallest absolute Gasteiger partial charge is 0.161 e. The molecular weight excluding hydrogens is 284 g/mol. The van der Waals surface area contributed by atoms with Crippen molar-refractivity contribution in [1.82, 2.24) is 10.3 Å². The quantitative estimate of drug-likeness (QED) is 0.921. The largest absolute Gasteiger partial charge is 0.490 e. The van der Waals surface area contributed by atoms with E-state index in [9.17, 15) is 0 Å². The molecule has 1 aromatic carbocycles. The Morgan fingerprint density at radius 3 is 2.95 bits per heavy atom. The number of aromatic nitrogens is 1. The van der Waals surface area contributed by atoms with Crippen LogP contribution in [-0.4, -0.2) is 24.7 Å². The highest BCUT2D eigenvalue weighted by atomic mass is 32.1. The Labute approximate surface area is 129 Å². The van der Waals surface area contributed by atoms with Crippen molar-refractivity contribution in [3.63, 3.8) is 0 Å². The lowest BCUT2D eigenvalue weighted by molar-refractivity contribution is 0.297. The van der Waals surface area contributed by atoms with E-state index in [2.05, 4.69) is 34.7 Å². The molecule has 0 saturated carbocycles. The highest BCUT2D eigenvalue weighted by Gasteiger charge is 2.13. The number of thiazole rings is 1. The molecule has 112 valence electrons. The lowest BCUT2D eigenvalue weighted by Crippen LogP contribution is -2.21. The van der Waals surface area contributed by atoms with Crippen molar-refractivity contribution in [3.05, 3.63) is 40.3 Å². The normalized spacial score (nSPS) is 15.5. The minimum absolute atomic E-state index is 0.279. The molecule has 3 rings (SSSR count). The van der Waals surface area contributed by atoms with Gasteiger partial charge in [0, 0.05) is 30.8 Å². The van der Waals surface area contributed by atoms with Gasteiger partial charge in [0.05, 0.1) is 24.4 Å². The molecule has 21 heavy (non-hydrogen) atoms. The van der Waals surface area contributed by atoms with Crippen molar-refractivity contribution in [2.24, 2.45) is 0 Å². The van der Waals surface area contributed by atoms with Gasteiger partial charge in [-0.15, -0.1) is 11.3 Å². The third-order valence-electron chi connectivity index (χ3n) is 3.59. The predicted octanol–water partition coefficient (Wildman–Crippen LogP) is 3.20. The first-order chi connectivity index (χ1) is 10.3. The summed E-state index contributed by atoms with van der Waals surface area (Å²) in [4.78, 5) is 4.30. The van der Waals surface area contributed by atoms with Crippen LogP contribution >= 0.6 is 11.3 Å². The molecule has 0 radical (unpaired) electrons. The van der Waals surface area contributed by atoms with Crippen molar-refractivity contribution in [3.8, 4) is 11.5 Å². The third kappa shape index (κ3) is 3.74. The Balaban J connectivity index is 1.59. The van der Waals surface area contributed by atoms with E-state index in [-0.39, 0.29) is 6.04 Å². The zero-order valence-electron chi connectivity index (χ0n) is 12.2. The Hall–Kier alpha value is -1.59. The Morgan fingerprint density at radius 2 is 2.14 bits per heavy atom. The van der Waals surface area contributed by atoms with E-state index in [0.29, 0.717) is 0 Å². The first-order valence-corrected chi connectivity index (χ1v) is 8.27. The van der Waals surface area contributed by atoms with Crippen LogP contribution < -0.4 is 14.8 Å². The Bertz CT molecular complexity index is 572. The molecule has 1 aliphatic heterocycles. The summed E-state index contributed by atoms with van der Waals surface area (Å²) in [6, 6.07) is 6.48. The van der Waals surface area contributed by atoms with Gasteiger partial charge in [-0.1, -0.05) is 6.07 Å². The zero-order valence-corrected chi connectivity index (χ0v) is 13.0. The molecule has 1 unspecified atom stereocenters. The van der Waals surface area contributed by atoms with Gasteiger partial charge in [0.15, 0.2) is 11.5 Å². The van der Waals surface area contributed by atoms with Crippen LogP contribution in [0, 0.1) is 0 Å². The minimum atomic E-state index is 0.279. The van der Waals surface area contributed by atoms with Crippen molar-refractivity contribution in [2.75, 3.05) is 19.8 Å². The Morgan fingerprint density at radius 1 is 1.29 bits per heavy atom. The minimum Gasteiger partial charge on any atom is -0.490 e. The lowest BCUT2D eigenvalue weighted by Gasteiger charge is -2.16. The van der Waals surface area contributed by atoms with E-state index in [1.54, 1.807) is 11.3 Å². The number of ether oxygens (including phenoxy) is 2. The molecule has 1 N–H and O–H groups in total. The van der Waals surface area contributed by atoms with Gasteiger partial charge in [-0.3, -0.25) is 0 Å². The van der Waals surface area contributed by atoms with Crippen molar-refractivity contribution >= 4 is 11.3 Å². The van der Waals surface area contributed by atoms with E-state index >= 15 is 0 Å². The van der Waals surface area contributed by atoms with E-state index in [0.717, 1.165) is 49.8 Å². The van der Waals surface area contributed by atoms with Crippen molar-refractivity contribution < 1.29 is 9.47 Å². The van der Waals surface area contributed by atoms with Crippen LogP contribution in [0.1, 0.15) is 30.6 Å². The maximum atomic E-state index is 5.74. The summed E-state index contributed by atoms with van der Waals surface area (Å²) in [6.45, 7) is 4.54. The standard InChI is InChI=1S/C16H20N2O2S/c1-12(17-6-5-14-10-21-11-18-14)13-3-4-15-16(9-13)20-8-2-7-19-15/h3-4,9-12,17H,2,5-8H2,1H3. The molecular formula is C16H20N2O2S. The number of rotatable bonds is 5. The van der Waals surface area contributed by atoms with Crippen LogP contribution in [0.15, 0.2) is 29.1 Å². The predicted molar refractivity (Wildman–Crippen MR) is 84.3 cm³/mol. The summed E-state index contributed by atoms with van der Waals surface area (Å²) in [6.07, 6.45) is 1.89. The topological polar surface area (TPSA) is 43.4 Å². The van der Waals surface area contributed by atoms with E-state index < -0.39 is 0 Å². The summed E-state index contributed by atoms with van der Waals surface area (Å²) >= 11 is 1.64. The molecule has 0 amide bonds. The van der Waals surface area contributed by atoms with Gasteiger partial charge in [-0.2, -0.15) is 0 Å². The number of fused-ring (bicyclic) bond motifs is 1. The van der Waals surface area contributed by atoms with Crippen LogP contribution in [0.3, 0.4) is 0 Å². The van der Waals surface area contributed by atoms with Gasteiger partial charge >= 0.3 is 0 Å². The molecule has 5 heteroatoms. The maximum Gasteiger partial charge on any atom is 0.161 e. The number of benzene rings is 1. The van der Waals surface area contributed by atoms with Crippen LogP contribution in [0.2, 0.25) is 0 Å². The average Bonchev–Trinajstić information content (AvgIpc) is 2.90. The highest BCUT2D eigenvalue weighted by molar-refractivity contribution is 7.07. The highest BCUT2D eigenvalue weighted by Crippen LogP contribution is 2.32. The molecule has 1 atom stereocenters. The molecule has 0 spiro atoms. The average molecular weight is 304 g/mol. The molecule has 0 aliphatic carbocycles. The SMILES string of the molecule is CC(NCCc1cscn1)c1ccc2c(c1)OCCCO2. The fraction of sp³-hybridized carbons (Fsp3) is 0.438. The van der Waals surface area contributed by atoms with E-state index in [1.807, 2.05) is 11.6 Å². The third-order valence-corrected chi connectivity index (χ3v) is 4.22. The summed E-state index contributed by atoms with van der Waals surface area (Å²) in [5, 5.41) is 5.63. The maximum absolute atomic E-state index is 5.74. The summed E-state index contributed by atoms with van der Waals surface area (Å²) in [7, 11) is 0. The van der Waals surface area contributed by atoms with Crippen LogP contribution in [0.25, 0.3) is 0 Å². The second-order valence-electron chi connectivity index (χ2n) is 5.16. The zero-order chi connectivity index (χ0) is 14.5. The van der Waals surface area contributed by atoms with Gasteiger partial charge in [-0.05, 0) is 24.6 Å². The van der Waals surface area contributed by atoms with Crippen molar-refractivity contribution in [1.29, 1.82) is 0 Å². The molecule has 0 saturated heterocycles. The second kappa shape index (κ2) is 6.91. The molecule has 1 aliphatic rings. The van der Waals surface area contributed by atoms with Gasteiger partial charge in [0.2, 0.25) is 0 Å². The lowest BCUT2D eigenvalue weighted by atomic mass is 10.1. The van der Waals surface area contributed by atoms with E-state index in [4.69, 9.17) is 9.47 Å². The summed E-state index contributed by atoms with van der Waals surface area (Å²) < 4.78 is 11.4. The van der Waals surface area contributed by atoms with Crippen LogP contribution in [0.4, 0.5) is 0 Å². The number of hydrogen-bond donors (Lipinski definition) is 1.